The van der Waals surface area contributed by atoms with E-state index in [-0.39, 0.29) is 16.9 Å². The Bertz CT molecular complexity index is 555. The highest BCUT2D eigenvalue weighted by atomic mass is 16.3. The van der Waals surface area contributed by atoms with Crippen LogP contribution in [0.15, 0.2) is 11.6 Å². The van der Waals surface area contributed by atoms with E-state index in [4.69, 9.17) is 0 Å². The zero-order valence-corrected chi connectivity index (χ0v) is 15.5. The Balaban J connectivity index is 1.67. The predicted octanol–water partition coefficient (Wildman–Crippen LogP) is 3.42. The molecule has 0 spiro atoms. The van der Waals surface area contributed by atoms with E-state index < -0.39 is 11.7 Å². The summed E-state index contributed by atoms with van der Waals surface area (Å²) in [5.41, 5.74) is 0.681. The van der Waals surface area contributed by atoms with Gasteiger partial charge in [0.05, 0.1) is 17.8 Å². The van der Waals surface area contributed by atoms with Gasteiger partial charge in [0.2, 0.25) is 0 Å². The number of aliphatic hydroxyl groups is 3. The van der Waals surface area contributed by atoms with E-state index in [0.717, 1.165) is 44.9 Å². The number of rotatable bonds is 1. The van der Waals surface area contributed by atoms with Crippen molar-refractivity contribution in [3.05, 3.63) is 11.6 Å². The van der Waals surface area contributed by atoms with Crippen LogP contribution in [-0.4, -0.2) is 33.1 Å². The molecule has 0 bridgehead atoms. The third-order valence-electron chi connectivity index (χ3n) is 9.00. The van der Waals surface area contributed by atoms with Crippen molar-refractivity contribution in [2.45, 2.75) is 89.9 Å². The van der Waals surface area contributed by atoms with Gasteiger partial charge in [0, 0.05) is 5.41 Å². The van der Waals surface area contributed by atoms with Crippen LogP contribution in [0.25, 0.3) is 0 Å². The van der Waals surface area contributed by atoms with Crippen LogP contribution in [-0.2, 0) is 0 Å². The van der Waals surface area contributed by atoms with Crippen LogP contribution >= 0.6 is 0 Å². The van der Waals surface area contributed by atoms with Crippen molar-refractivity contribution in [2.75, 3.05) is 0 Å². The van der Waals surface area contributed by atoms with Crippen LogP contribution in [0.2, 0.25) is 0 Å². The predicted molar refractivity (Wildman–Crippen MR) is 94.3 cm³/mol. The first-order valence-corrected chi connectivity index (χ1v) is 10.0. The lowest BCUT2D eigenvalue weighted by Gasteiger charge is -2.59. The Morgan fingerprint density at radius 3 is 2.46 bits per heavy atom. The molecule has 0 saturated heterocycles. The van der Waals surface area contributed by atoms with Crippen LogP contribution in [0.4, 0.5) is 0 Å². The normalized spacial score (nSPS) is 55.2. The molecule has 0 amide bonds. The first-order chi connectivity index (χ1) is 11.2. The minimum atomic E-state index is -0.914. The molecule has 0 aromatic carbocycles. The van der Waals surface area contributed by atoms with Crippen LogP contribution < -0.4 is 0 Å². The average Bonchev–Trinajstić information content (AvgIpc) is 2.81. The molecule has 4 aliphatic rings. The van der Waals surface area contributed by atoms with E-state index in [1.54, 1.807) is 6.92 Å². The molecule has 1 unspecified atom stereocenters. The van der Waals surface area contributed by atoms with Crippen LogP contribution in [0.5, 0.6) is 0 Å². The van der Waals surface area contributed by atoms with Gasteiger partial charge in [-0.05, 0) is 81.5 Å². The zero-order valence-electron chi connectivity index (χ0n) is 15.5. The highest BCUT2D eigenvalue weighted by Gasteiger charge is 2.65. The SMILES string of the molecule is C[C@@H](O)[C@@]1(O)CC[C@H]2[C@@H]3CCC4=CC(O)CC[C@]4(C)[C@H]3CC[C@@]21C. The Morgan fingerprint density at radius 1 is 1.04 bits per heavy atom. The van der Waals surface area contributed by atoms with Crippen molar-refractivity contribution in [2.24, 2.45) is 28.6 Å². The maximum atomic E-state index is 11.3. The Morgan fingerprint density at radius 2 is 1.75 bits per heavy atom. The number of fused-ring (bicyclic) bond motifs is 5. The minimum absolute atomic E-state index is 0.145. The average molecular weight is 335 g/mol. The van der Waals surface area contributed by atoms with E-state index in [1.807, 2.05) is 0 Å². The van der Waals surface area contributed by atoms with Crippen LogP contribution in [0, 0.1) is 28.6 Å². The molecule has 0 heterocycles. The van der Waals surface area contributed by atoms with Crippen LogP contribution in [0.1, 0.15) is 72.1 Å². The van der Waals surface area contributed by atoms with Crippen molar-refractivity contribution >= 4 is 0 Å². The zero-order chi connectivity index (χ0) is 17.3. The smallest absolute Gasteiger partial charge is 0.0958 e. The summed E-state index contributed by atoms with van der Waals surface area (Å²) < 4.78 is 0. The fourth-order valence-electron chi connectivity index (χ4n) is 7.45. The lowest BCUT2D eigenvalue weighted by molar-refractivity contribution is -0.172. The molecule has 3 N–H and O–H groups in total. The minimum Gasteiger partial charge on any atom is -0.390 e. The molecular formula is C21H34O3. The number of aliphatic hydroxyl groups excluding tert-OH is 2. The van der Waals surface area contributed by atoms with Crippen molar-refractivity contribution in [1.82, 2.24) is 0 Å². The van der Waals surface area contributed by atoms with Gasteiger partial charge < -0.3 is 15.3 Å². The van der Waals surface area contributed by atoms with E-state index in [0.29, 0.717) is 17.8 Å². The molecule has 3 heteroatoms. The van der Waals surface area contributed by atoms with Gasteiger partial charge in [-0.3, -0.25) is 0 Å². The molecule has 4 aliphatic carbocycles. The largest absolute Gasteiger partial charge is 0.390 e. The van der Waals surface area contributed by atoms with E-state index in [1.165, 1.54) is 12.0 Å². The lowest BCUT2D eigenvalue weighted by atomic mass is 9.46. The quantitative estimate of drug-likeness (QED) is 0.644. The summed E-state index contributed by atoms with van der Waals surface area (Å²) in [6, 6.07) is 0. The first kappa shape index (κ1) is 17.1. The van der Waals surface area contributed by atoms with E-state index >= 15 is 0 Å². The number of hydrogen-bond acceptors (Lipinski definition) is 3. The summed E-state index contributed by atoms with van der Waals surface area (Å²) in [4.78, 5) is 0. The molecule has 3 nitrogen and oxygen atoms in total. The summed E-state index contributed by atoms with van der Waals surface area (Å²) in [6.45, 7) is 6.44. The molecule has 3 fully saturated rings. The summed E-state index contributed by atoms with van der Waals surface area (Å²) in [5.74, 6) is 1.87. The lowest BCUT2D eigenvalue weighted by Crippen LogP contribution is -2.58. The van der Waals surface area contributed by atoms with Crippen LogP contribution in [0.3, 0.4) is 0 Å². The highest BCUT2D eigenvalue weighted by Crippen LogP contribution is 2.68. The fraction of sp³-hybridized carbons (Fsp3) is 0.905. The second kappa shape index (κ2) is 5.31. The molecule has 136 valence electrons. The molecular weight excluding hydrogens is 300 g/mol. The second-order valence-electron chi connectivity index (χ2n) is 9.73. The van der Waals surface area contributed by atoms with Gasteiger partial charge >= 0.3 is 0 Å². The van der Waals surface area contributed by atoms with E-state index in [2.05, 4.69) is 19.9 Å². The molecule has 0 radical (unpaired) electrons. The summed E-state index contributed by atoms with van der Waals surface area (Å²) in [5, 5.41) is 31.6. The Hall–Kier alpha value is -0.380. The van der Waals surface area contributed by atoms with Crippen molar-refractivity contribution in [3.8, 4) is 0 Å². The van der Waals surface area contributed by atoms with Crippen molar-refractivity contribution in [3.63, 3.8) is 0 Å². The molecule has 8 atom stereocenters. The molecule has 3 saturated carbocycles. The van der Waals surface area contributed by atoms with Crippen molar-refractivity contribution < 1.29 is 15.3 Å². The number of hydrogen-bond donors (Lipinski definition) is 3. The maximum Gasteiger partial charge on any atom is 0.0958 e. The van der Waals surface area contributed by atoms with E-state index in [9.17, 15) is 15.3 Å². The molecule has 24 heavy (non-hydrogen) atoms. The van der Waals surface area contributed by atoms with Gasteiger partial charge in [-0.25, -0.2) is 0 Å². The van der Waals surface area contributed by atoms with Gasteiger partial charge in [0.25, 0.3) is 0 Å². The third-order valence-corrected chi connectivity index (χ3v) is 9.00. The van der Waals surface area contributed by atoms with Gasteiger partial charge in [0.15, 0.2) is 0 Å². The van der Waals surface area contributed by atoms with Gasteiger partial charge in [0.1, 0.15) is 0 Å². The molecule has 0 aromatic heterocycles. The molecule has 0 aromatic rings. The standard InChI is InChI=1S/C21H34O3/c1-13(22)21(24)11-8-18-16-5-4-14-12-15(23)6-9-19(14,2)17(16)7-10-20(18,21)3/h12-13,15-18,22-24H,4-11H2,1-3H3/t13-,15?,16-,17+,18+,19+,20+,21+/m1/s1. The van der Waals surface area contributed by atoms with Crippen molar-refractivity contribution in [1.29, 1.82) is 0 Å². The van der Waals surface area contributed by atoms with Gasteiger partial charge in [-0.1, -0.05) is 25.5 Å². The first-order valence-electron chi connectivity index (χ1n) is 10.0. The summed E-state index contributed by atoms with van der Waals surface area (Å²) in [6.07, 6.45) is 9.51. The van der Waals surface area contributed by atoms with Gasteiger partial charge in [-0.2, -0.15) is 0 Å². The maximum absolute atomic E-state index is 11.3. The number of allylic oxidation sites excluding steroid dienone is 1. The summed E-state index contributed by atoms with van der Waals surface area (Å²) in [7, 11) is 0. The monoisotopic (exact) mass is 334 g/mol. The Kier molecular flexibility index (Phi) is 3.77. The molecule has 4 rings (SSSR count). The Labute approximate surface area is 146 Å². The fourth-order valence-corrected chi connectivity index (χ4v) is 7.45. The van der Waals surface area contributed by atoms with Gasteiger partial charge in [-0.15, -0.1) is 0 Å². The summed E-state index contributed by atoms with van der Waals surface area (Å²) >= 11 is 0. The third kappa shape index (κ3) is 2.01. The topological polar surface area (TPSA) is 60.7 Å². The highest BCUT2D eigenvalue weighted by molar-refractivity contribution is 5.26. The molecule has 0 aliphatic heterocycles. The second-order valence-corrected chi connectivity index (χ2v) is 9.73.